The predicted octanol–water partition coefficient (Wildman–Crippen LogP) is -0.0342. The summed E-state index contributed by atoms with van der Waals surface area (Å²) in [6, 6.07) is 0.884. The van der Waals surface area contributed by atoms with Crippen LogP contribution in [0, 0.1) is 0 Å². The lowest BCUT2D eigenvalue weighted by atomic mass is 9.99. The molecule has 19 heavy (non-hydrogen) atoms. The van der Waals surface area contributed by atoms with Gasteiger partial charge in [-0.3, -0.25) is 9.80 Å². The standard InChI is InChI=1S/C12H26N4O.C2H6/c1-17-9-8-15-4-6-16(7-5-15)12-2-3-14-10-11(12)13;1-2/h11-12,14H,2-10,13H2,1H3;1-2H3. The van der Waals surface area contributed by atoms with Gasteiger partial charge in [0, 0.05) is 58.5 Å². The summed E-state index contributed by atoms with van der Waals surface area (Å²) in [7, 11) is 1.77. The molecule has 0 aromatic carbocycles. The Kier molecular flexibility index (Phi) is 8.57. The van der Waals surface area contributed by atoms with E-state index in [4.69, 9.17) is 10.5 Å². The highest BCUT2D eigenvalue weighted by Crippen LogP contribution is 2.13. The van der Waals surface area contributed by atoms with Gasteiger partial charge < -0.3 is 15.8 Å². The highest BCUT2D eigenvalue weighted by molar-refractivity contribution is 4.90. The fourth-order valence-electron chi connectivity index (χ4n) is 2.86. The van der Waals surface area contributed by atoms with Gasteiger partial charge in [-0.15, -0.1) is 0 Å². The molecule has 0 aromatic heterocycles. The Bertz CT molecular complexity index is 219. The summed E-state index contributed by atoms with van der Waals surface area (Å²) in [6.07, 6.45) is 1.19. The zero-order valence-corrected chi connectivity index (χ0v) is 12.9. The number of methoxy groups -OCH3 is 1. The minimum Gasteiger partial charge on any atom is -0.383 e. The molecule has 0 radical (unpaired) electrons. The van der Waals surface area contributed by atoms with Crippen LogP contribution in [0.25, 0.3) is 0 Å². The lowest BCUT2D eigenvalue weighted by molar-refractivity contribution is 0.0587. The zero-order valence-electron chi connectivity index (χ0n) is 12.9. The normalized spacial score (nSPS) is 29.7. The van der Waals surface area contributed by atoms with Crippen molar-refractivity contribution in [2.75, 3.05) is 59.5 Å². The van der Waals surface area contributed by atoms with Gasteiger partial charge in [0.15, 0.2) is 0 Å². The first-order chi connectivity index (χ1) is 9.31. The van der Waals surface area contributed by atoms with Crippen LogP contribution in [0.4, 0.5) is 0 Å². The fraction of sp³-hybridized carbons (Fsp3) is 1.00. The largest absolute Gasteiger partial charge is 0.383 e. The second-order valence-corrected chi connectivity index (χ2v) is 5.09. The first-order valence-electron chi connectivity index (χ1n) is 7.73. The van der Waals surface area contributed by atoms with Crippen molar-refractivity contribution in [3.8, 4) is 0 Å². The number of ether oxygens (including phenoxy) is 1. The van der Waals surface area contributed by atoms with E-state index in [0.717, 1.165) is 52.4 Å². The average molecular weight is 272 g/mol. The highest BCUT2D eigenvalue weighted by Gasteiger charge is 2.29. The molecule has 0 spiro atoms. The molecule has 3 N–H and O–H groups in total. The minimum atomic E-state index is 0.300. The first kappa shape index (κ1) is 16.9. The van der Waals surface area contributed by atoms with Gasteiger partial charge in [-0.1, -0.05) is 13.8 Å². The average Bonchev–Trinajstić information content (AvgIpc) is 2.48. The first-order valence-corrected chi connectivity index (χ1v) is 7.73. The van der Waals surface area contributed by atoms with E-state index in [-0.39, 0.29) is 0 Å². The fourth-order valence-corrected chi connectivity index (χ4v) is 2.86. The van der Waals surface area contributed by atoms with Crippen molar-refractivity contribution >= 4 is 0 Å². The summed E-state index contributed by atoms with van der Waals surface area (Å²) in [5, 5.41) is 3.36. The van der Waals surface area contributed by atoms with Crippen molar-refractivity contribution in [2.45, 2.75) is 32.4 Å². The van der Waals surface area contributed by atoms with E-state index >= 15 is 0 Å². The molecule has 0 amide bonds. The summed E-state index contributed by atoms with van der Waals surface area (Å²) in [5.74, 6) is 0. The van der Waals surface area contributed by atoms with E-state index in [1.165, 1.54) is 6.42 Å². The van der Waals surface area contributed by atoms with Crippen LogP contribution in [-0.2, 0) is 4.74 Å². The molecule has 2 saturated heterocycles. The van der Waals surface area contributed by atoms with Crippen LogP contribution >= 0.6 is 0 Å². The van der Waals surface area contributed by atoms with E-state index in [9.17, 15) is 0 Å². The summed E-state index contributed by atoms with van der Waals surface area (Å²) in [5.41, 5.74) is 6.19. The number of nitrogens with zero attached hydrogens (tertiary/aromatic N) is 2. The maximum Gasteiger partial charge on any atom is 0.0589 e. The van der Waals surface area contributed by atoms with Crippen molar-refractivity contribution in [1.82, 2.24) is 15.1 Å². The van der Waals surface area contributed by atoms with Crippen LogP contribution in [0.2, 0.25) is 0 Å². The summed E-state index contributed by atoms with van der Waals surface area (Å²) >= 11 is 0. The minimum absolute atomic E-state index is 0.300. The smallest absolute Gasteiger partial charge is 0.0589 e. The second-order valence-electron chi connectivity index (χ2n) is 5.09. The summed E-state index contributed by atoms with van der Waals surface area (Å²) < 4.78 is 5.12. The summed E-state index contributed by atoms with van der Waals surface area (Å²) in [6.45, 7) is 12.6. The lowest BCUT2D eigenvalue weighted by Gasteiger charge is -2.43. The van der Waals surface area contributed by atoms with Gasteiger partial charge in [-0.2, -0.15) is 0 Å². The second kappa shape index (κ2) is 9.66. The van der Waals surface area contributed by atoms with Gasteiger partial charge in [0.05, 0.1) is 6.61 Å². The molecular weight excluding hydrogens is 240 g/mol. The Hall–Kier alpha value is -0.200. The van der Waals surface area contributed by atoms with E-state index in [1.807, 2.05) is 13.8 Å². The third-order valence-corrected chi connectivity index (χ3v) is 3.98. The molecule has 2 rings (SSSR count). The number of piperidine rings is 1. The molecular formula is C14H32N4O. The third kappa shape index (κ3) is 5.36. The van der Waals surface area contributed by atoms with Crippen molar-refractivity contribution in [3.05, 3.63) is 0 Å². The Morgan fingerprint density at radius 3 is 2.47 bits per heavy atom. The van der Waals surface area contributed by atoms with Gasteiger partial charge in [0.2, 0.25) is 0 Å². The molecule has 2 heterocycles. The van der Waals surface area contributed by atoms with Gasteiger partial charge >= 0.3 is 0 Å². The maximum atomic E-state index is 6.19. The van der Waals surface area contributed by atoms with Gasteiger partial charge in [-0.05, 0) is 13.0 Å². The number of rotatable bonds is 4. The van der Waals surface area contributed by atoms with Crippen LogP contribution in [0.1, 0.15) is 20.3 Å². The van der Waals surface area contributed by atoms with Crippen molar-refractivity contribution in [2.24, 2.45) is 5.73 Å². The molecule has 114 valence electrons. The van der Waals surface area contributed by atoms with Crippen LogP contribution in [0.5, 0.6) is 0 Å². The van der Waals surface area contributed by atoms with E-state index in [2.05, 4.69) is 15.1 Å². The summed E-state index contributed by atoms with van der Waals surface area (Å²) in [4.78, 5) is 5.06. The van der Waals surface area contributed by atoms with Crippen LogP contribution in [0.15, 0.2) is 0 Å². The molecule has 0 saturated carbocycles. The Balaban J connectivity index is 0.000000861. The van der Waals surface area contributed by atoms with Crippen LogP contribution < -0.4 is 11.1 Å². The third-order valence-electron chi connectivity index (χ3n) is 3.98. The van der Waals surface area contributed by atoms with Gasteiger partial charge in [-0.25, -0.2) is 0 Å². The monoisotopic (exact) mass is 272 g/mol. The van der Waals surface area contributed by atoms with Gasteiger partial charge in [0.1, 0.15) is 0 Å². The number of hydrogen-bond acceptors (Lipinski definition) is 5. The Labute approximate surface area is 118 Å². The SMILES string of the molecule is CC.COCCN1CCN(C2CCNCC2N)CC1. The molecule has 5 heteroatoms. The van der Waals surface area contributed by atoms with Crippen LogP contribution in [-0.4, -0.2) is 81.4 Å². The number of nitrogens with one attached hydrogen (secondary N) is 1. The predicted molar refractivity (Wildman–Crippen MR) is 80.5 cm³/mol. The number of nitrogens with two attached hydrogens (primary N) is 1. The van der Waals surface area contributed by atoms with Crippen LogP contribution in [0.3, 0.4) is 0 Å². The van der Waals surface area contributed by atoms with Crippen molar-refractivity contribution < 1.29 is 4.74 Å². The lowest BCUT2D eigenvalue weighted by Crippen LogP contribution is -2.60. The number of hydrogen-bond donors (Lipinski definition) is 2. The van der Waals surface area contributed by atoms with Crippen molar-refractivity contribution in [3.63, 3.8) is 0 Å². The molecule has 5 nitrogen and oxygen atoms in total. The zero-order chi connectivity index (χ0) is 14.1. The molecule has 2 aliphatic heterocycles. The molecule has 0 aromatic rings. The van der Waals surface area contributed by atoms with Gasteiger partial charge in [0.25, 0.3) is 0 Å². The molecule has 2 atom stereocenters. The molecule has 2 fully saturated rings. The van der Waals surface area contributed by atoms with E-state index in [0.29, 0.717) is 12.1 Å². The number of piperazine rings is 1. The Morgan fingerprint density at radius 1 is 1.21 bits per heavy atom. The molecule has 0 bridgehead atoms. The Morgan fingerprint density at radius 2 is 1.89 bits per heavy atom. The van der Waals surface area contributed by atoms with E-state index in [1.54, 1.807) is 7.11 Å². The molecule has 2 unspecified atom stereocenters. The highest BCUT2D eigenvalue weighted by atomic mass is 16.5. The quantitative estimate of drug-likeness (QED) is 0.752. The topological polar surface area (TPSA) is 53.8 Å². The molecule has 0 aliphatic carbocycles. The molecule has 2 aliphatic rings. The van der Waals surface area contributed by atoms with E-state index < -0.39 is 0 Å². The maximum absolute atomic E-state index is 6.19. The van der Waals surface area contributed by atoms with Crippen molar-refractivity contribution in [1.29, 1.82) is 0 Å².